The second-order valence-electron chi connectivity index (χ2n) is 2.94. The molecule has 15 heavy (non-hydrogen) atoms. The fourth-order valence-corrected chi connectivity index (χ4v) is 1.05. The summed E-state index contributed by atoms with van der Waals surface area (Å²) < 4.78 is 13.1. The molecule has 0 aliphatic heterocycles. The molecule has 1 atom stereocenters. The van der Waals surface area contributed by atoms with Crippen LogP contribution in [-0.2, 0) is 0 Å². The summed E-state index contributed by atoms with van der Waals surface area (Å²) in [4.78, 5) is 14.9. The summed E-state index contributed by atoms with van der Waals surface area (Å²) in [6, 6.07) is 2.48. The first-order chi connectivity index (χ1) is 7.19. The van der Waals surface area contributed by atoms with Gasteiger partial charge in [0.15, 0.2) is 0 Å². The second-order valence-corrected chi connectivity index (χ2v) is 2.94. The van der Waals surface area contributed by atoms with E-state index < -0.39 is 11.9 Å². The molecule has 0 bridgehead atoms. The lowest BCUT2D eigenvalue weighted by Gasteiger charge is -2.10. The van der Waals surface area contributed by atoms with Gasteiger partial charge in [-0.15, -0.1) is 6.42 Å². The predicted octanol–water partition coefficient (Wildman–Crippen LogP) is 1.36. The summed E-state index contributed by atoms with van der Waals surface area (Å²) in [6.07, 6.45) is 7.06. The topological polar surface area (TPSA) is 42.0 Å². The van der Waals surface area contributed by atoms with Crippen LogP contribution in [0.15, 0.2) is 18.3 Å². The van der Waals surface area contributed by atoms with E-state index in [4.69, 9.17) is 6.42 Å². The maximum atomic E-state index is 13.1. The highest BCUT2D eigenvalue weighted by atomic mass is 19.1. The van der Waals surface area contributed by atoms with Gasteiger partial charge in [0.1, 0.15) is 0 Å². The SMILES string of the molecule is C#CC(CC)NC(=O)c1cccnc1F. The van der Waals surface area contributed by atoms with Gasteiger partial charge in [0.05, 0.1) is 11.6 Å². The van der Waals surface area contributed by atoms with Crippen molar-refractivity contribution >= 4 is 5.91 Å². The highest BCUT2D eigenvalue weighted by Crippen LogP contribution is 2.03. The summed E-state index contributed by atoms with van der Waals surface area (Å²) >= 11 is 0. The van der Waals surface area contributed by atoms with Gasteiger partial charge < -0.3 is 5.32 Å². The van der Waals surface area contributed by atoms with E-state index in [0.29, 0.717) is 6.42 Å². The molecule has 78 valence electrons. The van der Waals surface area contributed by atoms with Crippen molar-refractivity contribution in [1.29, 1.82) is 0 Å². The Bertz CT molecular complexity index is 398. The molecule has 0 saturated carbocycles. The van der Waals surface area contributed by atoms with Gasteiger partial charge in [-0.3, -0.25) is 4.79 Å². The Kier molecular flexibility index (Phi) is 3.81. The molecule has 0 aromatic carbocycles. The largest absolute Gasteiger partial charge is 0.338 e. The summed E-state index contributed by atoms with van der Waals surface area (Å²) in [5.74, 6) is 1.07. The molecule has 0 radical (unpaired) electrons. The minimum Gasteiger partial charge on any atom is -0.338 e. The quantitative estimate of drug-likeness (QED) is 0.599. The van der Waals surface area contributed by atoms with Crippen molar-refractivity contribution in [2.45, 2.75) is 19.4 Å². The molecule has 1 heterocycles. The Labute approximate surface area is 87.7 Å². The Morgan fingerprint density at radius 1 is 1.80 bits per heavy atom. The Hall–Kier alpha value is -1.89. The lowest BCUT2D eigenvalue weighted by atomic mass is 10.2. The summed E-state index contributed by atoms with van der Waals surface area (Å²) in [7, 11) is 0. The van der Waals surface area contributed by atoms with E-state index in [1.807, 2.05) is 6.92 Å². The summed E-state index contributed by atoms with van der Waals surface area (Å²) in [6.45, 7) is 1.84. The van der Waals surface area contributed by atoms with E-state index in [1.165, 1.54) is 18.3 Å². The maximum Gasteiger partial charge on any atom is 0.256 e. The molecule has 1 amide bonds. The standard InChI is InChI=1S/C11H11FN2O/c1-3-8(4-2)14-11(15)9-6-5-7-13-10(9)12/h1,5-8H,4H2,2H3,(H,14,15). The predicted molar refractivity (Wildman–Crippen MR) is 54.6 cm³/mol. The first kappa shape index (κ1) is 11.2. The van der Waals surface area contributed by atoms with Gasteiger partial charge in [0.25, 0.3) is 5.91 Å². The zero-order valence-corrected chi connectivity index (χ0v) is 8.33. The van der Waals surface area contributed by atoms with Gasteiger partial charge in [0.2, 0.25) is 5.95 Å². The van der Waals surface area contributed by atoms with Crippen LogP contribution >= 0.6 is 0 Å². The molecule has 0 fully saturated rings. The number of pyridine rings is 1. The molecule has 4 heteroatoms. The molecule has 1 unspecified atom stereocenters. The summed E-state index contributed by atoms with van der Waals surface area (Å²) in [5, 5.41) is 2.52. The zero-order valence-electron chi connectivity index (χ0n) is 8.33. The highest BCUT2D eigenvalue weighted by Gasteiger charge is 2.14. The first-order valence-corrected chi connectivity index (χ1v) is 4.56. The van der Waals surface area contributed by atoms with Crippen molar-refractivity contribution in [3.8, 4) is 12.3 Å². The van der Waals surface area contributed by atoms with Crippen LogP contribution < -0.4 is 5.32 Å². The molecule has 0 saturated heterocycles. The lowest BCUT2D eigenvalue weighted by Crippen LogP contribution is -2.33. The molecule has 1 rings (SSSR count). The normalized spacial score (nSPS) is 11.5. The van der Waals surface area contributed by atoms with Crippen LogP contribution in [-0.4, -0.2) is 16.9 Å². The molecule has 1 N–H and O–H groups in total. The van der Waals surface area contributed by atoms with Gasteiger partial charge in [-0.1, -0.05) is 12.8 Å². The van der Waals surface area contributed by atoms with Crippen molar-refractivity contribution in [1.82, 2.24) is 10.3 Å². The fourth-order valence-electron chi connectivity index (χ4n) is 1.05. The van der Waals surface area contributed by atoms with Crippen molar-refractivity contribution in [2.75, 3.05) is 0 Å². The van der Waals surface area contributed by atoms with Crippen LogP contribution in [0.2, 0.25) is 0 Å². The number of halogens is 1. The van der Waals surface area contributed by atoms with Crippen LogP contribution in [0.3, 0.4) is 0 Å². The molecule has 0 spiro atoms. The number of nitrogens with one attached hydrogen (secondary N) is 1. The van der Waals surface area contributed by atoms with Gasteiger partial charge in [-0.2, -0.15) is 4.39 Å². The van der Waals surface area contributed by atoms with Gasteiger partial charge >= 0.3 is 0 Å². The van der Waals surface area contributed by atoms with E-state index in [0.717, 1.165) is 0 Å². The number of hydrogen-bond donors (Lipinski definition) is 1. The van der Waals surface area contributed by atoms with Gasteiger partial charge in [-0.25, -0.2) is 4.98 Å². The van der Waals surface area contributed by atoms with Crippen molar-refractivity contribution in [2.24, 2.45) is 0 Å². The third-order valence-electron chi connectivity index (χ3n) is 1.92. The van der Waals surface area contributed by atoms with Crippen LogP contribution in [0.25, 0.3) is 0 Å². The van der Waals surface area contributed by atoms with Crippen LogP contribution in [0.4, 0.5) is 4.39 Å². The van der Waals surface area contributed by atoms with E-state index >= 15 is 0 Å². The lowest BCUT2D eigenvalue weighted by molar-refractivity contribution is 0.0940. The molecule has 1 aromatic heterocycles. The smallest absolute Gasteiger partial charge is 0.256 e. The van der Waals surface area contributed by atoms with Crippen molar-refractivity contribution in [3.63, 3.8) is 0 Å². The number of carbonyl (C=O) groups is 1. The minimum atomic E-state index is -0.790. The Balaban J connectivity index is 2.79. The number of amides is 1. The number of aromatic nitrogens is 1. The molecule has 0 aliphatic rings. The van der Waals surface area contributed by atoms with Crippen LogP contribution in [0.1, 0.15) is 23.7 Å². The van der Waals surface area contributed by atoms with E-state index in [2.05, 4.69) is 16.2 Å². The minimum absolute atomic E-state index is 0.0915. The Morgan fingerprint density at radius 2 is 2.53 bits per heavy atom. The molecule has 0 aliphatic carbocycles. The third kappa shape index (κ3) is 2.78. The fraction of sp³-hybridized carbons (Fsp3) is 0.273. The van der Waals surface area contributed by atoms with Gasteiger partial charge in [-0.05, 0) is 18.6 Å². The zero-order chi connectivity index (χ0) is 11.3. The second kappa shape index (κ2) is 5.11. The number of nitrogens with zero attached hydrogens (tertiary/aromatic N) is 1. The highest BCUT2D eigenvalue weighted by molar-refractivity contribution is 5.94. The van der Waals surface area contributed by atoms with E-state index in [9.17, 15) is 9.18 Å². The molecule has 1 aromatic rings. The Morgan fingerprint density at radius 3 is 3.07 bits per heavy atom. The van der Waals surface area contributed by atoms with Gasteiger partial charge in [0, 0.05) is 6.20 Å². The number of rotatable bonds is 3. The molecular formula is C11H11FN2O. The molecule has 3 nitrogen and oxygen atoms in total. The number of terminal acetylenes is 1. The monoisotopic (exact) mass is 206 g/mol. The average Bonchev–Trinajstić information content (AvgIpc) is 2.26. The maximum absolute atomic E-state index is 13.1. The number of carbonyl (C=O) groups excluding carboxylic acids is 1. The molecular weight excluding hydrogens is 195 g/mol. The van der Waals surface area contributed by atoms with E-state index in [-0.39, 0.29) is 11.6 Å². The van der Waals surface area contributed by atoms with Crippen LogP contribution in [0, 0.1) is 18.3 Å². The first-order valence-electron chi connectivity index (χ1n) is 4.56. The number of hydrogen-bond acceptors (Lipinski definition) is 2. The third-order valence-corrected chi connectivity index (χ3v) is 1.92. The average molecular weight is 206 g/mol. The van der Waals surface area contributed by atoms with E-state index in [1.54, 1.807) is 0 Å². The van der Waals surface area contributed by atoms with Crippen molar-refractivity contribution in [3.05, 3.63) is 29.8 Å². The summed E-state index contributed by atoms with van der Waals surface area (Å²) in [5.41, 5.74) is -0.0915. The van der Waals surface area contributed by atoms with Crippen molar-refractivity contribution < 1.29 is 9.18 Å². The van der Waals surface area contributed by atoms with Crippen LogP contribution in [0.5, 0.6) is 0 Å².